The summed E-state index contributed by atoms with van der Waals surface area (Å²) in [5.41, 5.74) is -8.32. The molecule has 2 nitrogen and oxygen atoms in total. The Morgan fingerprint density at radius 3 is 0.704 bits per heavy atom. The highest BCUT2D eigenvalue weighted by molar-refractivity contribution is 5.96. The summed E-state index contributed by atoms with van der Waals surface area (Å²) in [6.45, 7) is -0.104. The third-order valence-corrected chi connectivity index (χ3v) is 9.12. The average molecular weight is 1140 g/mol. The van der Waals surface area contributed by atoms with Crippen LogP contribution in [0.25, 0.3) is 11.7 Å². The predicted octanol–water partition coefficient (Wildman–Crippen LogP) is 15.4. The van der Waals surface area contributed by atoms with Gasteiger partial charge in [0.25, 0.3) is 5.91 Å². The molecule has 0 aliphatic carbocycles. The minimum absolute atomic E-state index is 0.131. The number of carbonyl (C=O) groups excluding carboxylic acids is 1. The zero-order valence-electron chi connectivity index (χ0n) is 32.4. The number of hydrogen-bond donors (Lipinski definition) is 0. The molecule has 0 aromatic heterocycles. The Hall–Kier alpha value is -4.49. The molecule has 1 rings (SSSR count). The first-order valence-corrected chi connectivity index (χ1v) is 16.6. The Bertz CT molecular complexity index is 2060. The number of amides is 1. The van der Waals surface area contributed by atoms with Gasteiger partial charge in [-0.2, -0.15) is 149 Å². The normalized spacial score (nSPS) is 16.5. The number of rotatable bonds is 19. The van der Waals surface area contributed by atoms with E-state index in [2.05, 4.69) is 0 Å². The molecule has 0 spiro atoms. The molecule has 0 saturated carbocycles. The highest BCUT2D eigenvalue weighted by Crippen LogP contribution is 2.67. The molecule has 0 atom stereocenters. The monoisotopic (exact) mass is 1140 g/mol. The first-order valence-electron chi connectivity index (χ1n) is 16.6. The Morgan fingerprint density at radius 1 is 0.324 bits per heavy atom. The SMILES string of the molecule is CCN(CC)C(=O)c1cc(C(F)=C(F)C(F)(F)C(F)(F)C(F)(F)C(F)(F)C(F)(F)C(F)(F)C(F)(F)C(F)(F)F)cc(C(F)=C(F)C(F)(F)C(F)(F)C(F)(F)C(F)(F)C(F)(F)C(F)(F)C(F)(F)C(F)(F)F)c1. The van der Waals surface area contributed by atoms with Crippen LogP contribution in [0.2, 0.25) is 0 Å². The molecule has 0 aliphatic heterocycles. The third kappa shape index (κ3) is 8.78. The molecule has 71 heavy (non-hydrogen) atoms. The number of nitrogens with zero attached hydrogens (tertiary/aromatic N) is 1. The Balaban J connectivity index is 4.43. The number of benzene rings is 1. The third-order valence-electron chi connectivity index (χ3n) is 9.12. The van der Waals surface area contributed by atoms with Crippen molar-refractivity contribution in [2.45, 2.75) is 109 Å². The van der Waals surface area contributed by atoms with Gasteiger partial charge >= 0.3 is 95.3 Å². The lowest BCUT2D eigenvalue weighted by atomic mass is 9.88. The Kier molecular flexibility index (Phi) is 16.2. The molecule has 1 aromatic carbocycles. The van der Waals surface area contributed by atoms with Crippen molar-refractivity contribution in [1.29, 1.82) is 0 Å². The van der Waals surface area contributed by atoms with Crippen LogP contribution in [0.3, 0.4) is 0 Å². The van der Waals surface area contributed by atoms with Gasteiger partial charge < -0.3 is 4.90 Å². The van der Waals surface area contributed by atoms with Crippen molar-refractivity contribution in [2.75, 3.05) is 13.1 Å². The van der Waals surface area contributed by atoms with Crippen molar-refractivity contribution in [3.8, 4) is 0 Å². The smallest absolute Gasteiger partial charge is 0.339 e. The number of halogens is 38. The summed E-state index contributed by atoms with van der Waals surface area (Å²) in [5.74, 6) is -150. The van der Waals surface area contributed by atoms with Crippen LogP contribution in [0, 0.1) is 0 Å². The number of allylic oxidation sites excluding steroid dienone is 2. The van der Waals surface area contributed by atoms with E-state index in [0.717, 1.165) is 13.8 Å². The standard InChI is InChI=1S/C31H13F38NO/c1-3-70(4-2)15(71)10-6-8(11(32)13(34)16(36,37)18(40,41)20(44,45)22(48,49)24(52,53)26(56,57)28(60,61)30(64,65)66)5-9(7-10)12(33)14(35)17(38,39)19(42,43)21(46,47)23(50,51)25(54,55)27(58,59)29(62,63)31(67,68)69/h5-7H,3-4H2,1-2H3. The molecule has 1 aromatic rings. The Labute approximate surface area is 363 Å². The topological polar surface area (TPSA) is 20.3 Å². The molecule has 0 N–H and O–H groups in total. The lowest BCUT2D eigenvalue weighted by molar-refractivity contribution is -0.460. The van der Waals surface area contributed by atoms with Gasteiger partial charge in [0.05, 0.1) is 0 Å². The van der Waals surface area contributed by atoms with Crippen LogP contribution in [0.4, 0.5) is 167 Å². The maximum atomic E-state index is 15.2. The fourth-order valence-corrected chi connectivity index (χ4v) is 4.83. The van der Waals surface area contributed by atoms with Gasteiger partial charge in [0.15, 0.2) is 11.7 Å². The van der Waals surface area contributed by atoms with Crippen molar-refractivity contribution >= 4 is 17.6 Å². The largest absolute Gasteiger partial charge is 0.460 e. The second-order valence-electron chi connectivity index (χ2n) is 13.6. The fourth-order valence-electron chi connectivity index (χ4n) is 4.83. The van der Waals surface area contributed by atoms with Crippen molar-refractivity contribution in [3.05, 3.63) is 46.5 Å². The molecule has 1 amide bonds. The summed E-state index contributed by atoms with van der Waals surface area (Å²) in [4.78, 5) is 12.9. The van der Waals surface area contributed by atoms with E-state index in [1.54, 1.807) is 0 Å². The average Bonchev–Trinajstić information content (AvgIpc) is 3.20. The van der Waals surface area contributed by atoms with E-state index < -0.39 is 172 Å². The van der Waals surface area contributed by atoms with Gasteiger partial charge in [-0.1, -0.05) is 0 Å². The first-order chi connectivity index (χ1) is 30.6. The van der Waals surface area contributed by atoms with Gasteiger partial charge in [-0.15, -0.1) is 0 Å². The Morgan fingerprint density at radius 2 is 0.507 bits per heavy atom. The molecule has 414 valence electrons. The molecular weight excluding hydrogens is 1120 g/mol. The fraction of sp³-hybridized carbons (Fsp3) is 0.645. The second-order valence-corrected chi connectivity index (χ2v) is 13.6. The van der Waals surface area contributed by atoms with E-state index in [1.807, 2.05) is 0 Å². The molecule has 0 bridgehead atoms. The number of hydrogen-bond acceptors (Lipinski definition) is 1. The van der Waals surface area contributed by atoms with E-state index in [4.69, 9.17) is 0 Å². The summed E-state index contributed by atoms with van der Waals surface area (Å²) in [6.07, 6.45) is -16.5. The zero-order valence-corrected chi connectivity index (χ0v) is 32.4. The van der Waals surface area contributed by atoms with Crippen molar-refractivity contribution < 1.29 is 172 Å². The number of carbonyl (C=O) groups is 1. The van der Waals surface area contributed by atoms with E-state index >= 15 is 8.78 Å². The first kappa shape index (κ1) is 64.5. The molecule has 0 radical (unpaired) electrons. The summed E-state index contributed by atoms with van der Waals surface area (Å²) < 4.78 is 524. The molecule has 0 heterocycles. The van der Waals surface area contributed by atoms with Gasteiger partial charge in [0.1, 0.15) is 0 Å². The van der Waals surface area contributed by atoms with Gasteiger partial charge in [-0.05, 0) is 32.0 Å². The lowest BCUT2D eigenvalue weighted by Gasteiger charge is -2.42. The molecule has 0 saturated heterocycles. The van der Waals surface area contributed by atoms with Crippen molar-refractivity contribution in [2.24, 2.45) is 0 Å². The minimum atomic E-state index is -9.48. The van der Waals surface area contributed by atoms with Gasteiger partial charge in [-0.3, -0.25) is 4.79 Å². The van der Waals surface area contributed by atoms with Gasteiger partial charge in [0.2, 0.25) is 11.7 Å². The molecule has 0 aliphatic rings. The van der Waals surface area contributed by atoms with Crippen LogP contribution in [0.5, 0.6) is 0 Å². The summed E-state index contributed by atoms with van der Waals surface area (Å²) >= 11 is 0. The molecule has 0 fully saturated rings. The molecule has 0 unspecified atom stereocenters. The van der Waals surface area contributed by atoms with E-state index in [0.29, 0.717) is 0 Å². The maximum absolute atomic E-state index is 15.2. The van der Waals surface area contributed by atoms with Crippen LogP contribution in [0.1, 0.15) is 35.3 Å². The van der Waals surface area contributed by atoms with E-state index in [-0.39, 0.29) is 4.90 Å². The molecule has 40 heteroatoms. The van der Waals surface area contributed by atoms with E-state index in [9.17, 15) is 163 Å². The summed E-state index contributed by atoms with van der Waals surface area (Å²) in [7, 11) is 0. The van der Waals surface area contributed by atoms with Gasteiger partial charge in [-0.25, -0.2) is 17.6 Å². The lowest BCUT2D eigenvalue weighted by Crippen LogP contribution is -2.74. The second kappa shape index (κ2) is 17.9. The van der Waals surface area contributed by atoms with Crippen LogP contribution >= 0.6 is 0 Å². The summed E-state index contributed by atoms with van der Waals surface area (Å²) in [5, 5.41) is 0. The zero-order chi connectivity index (χ0) is 57.7. The van der Waals surface area contributed by atoms with Crippen LogP contribution < -0.4 is 0 Å². The van der Waals surface area contributed by atoms with Crippen LogP contribution in [0.15, 0.2) is 29.9 Å². The number of alkyl halides is 34. The maximum Gasteiger partial charge on any atom is 0.460 e. The van der Waals surface area contributed by atoms with Crippen molar-refractivity contribution in [1.82, 2.24) is 4.90 Å². The predicted molar refractivity (Wildman–Crippen MR) is 153 cm³/mol. The van der Waals surface area contributed by atoms with E-state index in [1.165, 1.54) is 0 Å². The highest BCUT2D eigenvalue weighted by Gasteiger charge is 2.97. The highest BCUT2D eigenvalue weighted by atomic mass is 19.4. The van der Waals surface area contributed by atoms with Crippen LogP contribution in [-0.4, -0.2) is 119 Å². The molecular formula is C31H13F38NO. The van der Waals surface area contributed by atoms with Gasteiger partial charge in [0, 0.05) is 29.8 Å². The summed E-state index contributed by atoms with van der Waals surface area (Å²) in [6, 6.07) is -3.22. The van der Waals surface area contributed by atoms with Crippen LogP contribution in [-0.2, 0) is 0 Å². The van der Waals surface area contributed by atoms with Crippen molar-refractivity contribution in [3.63, 3.8) is 0 Å². The minimum Gasteiger partial charge on any atom is -0.339 e. The quantitative estimate of drug-likeness (QED) is 0.126.